The zero-order valence-electron chi connectivity index (χ0n) is 18.6. The van der Waals surface area contributed by atoms with Crippen LogP contribution in [0.25, 0.3) is 33.1 Å². The summed E-state index contributed by atoms with van der Waals surface area (Å²) in [6.07, 6.45) is 3.94. The van der Waals surface area contributed by atoms with Crippen molar-refractivity contribution in [2.75, 3.05) is 5.32 Å². The van der Waals surface area contributed by atoms with Crippen LogP contribution in [-0.2, 0) is 7.05 Å². The summed E-state index contributed by atoms with van der Waals surface area (Å²) in [4.78, 5) is 33.0. The molecule has 3 heterocycles. The summed E-state index contributed by atoms with van der Waals surface area (Å²) in [5, 5.41) is 12.0. The van der Waals surface area contributed by atoms with Crippen molar-refractivity contribution >= 4 is 39.1 Å². The standard InChI is InChI=1S/C25H24N6O2/c1-14(2)8-23(32)21-11-15-4-5-16(10-20(15)28-21)22-13-31(3)25(33)24(29-22)27-18-6-7-19-17(9-18)12-26-30-19/h4-7,9-14,28H,8H2,1-3H3,(H,26,30)(H,27,29). The van der Waals surface area contributed by atoms with Crippen LogP contribution < -0.4 is 10.9 Å². The molecule has 3 aromatic heterocycles. The van der Waals surface area contributed by atoms with Crippen molar-refractivity contribution in [3.8, 4) is 11.3 Å². The molecule has 8 heteroatoms. The van der Waals surface area contributed by atoms with Crippen LogP contribution in [0.2, 0.25) is 0 Å². The fourth-order valence-electron chi connectivity index (χ4n) is 3.90. The van der Waals surface area contributed by atoms with Crippen LogP contribution in [0.4, 0.5) is 11.5 Å². The van der Waals surface area contributed by atoms with Gasteiger partial charge in [0, 0.05) is 47.2 Å². The van der Waals surface area contributed by atoms with Gasteiger partial charge in [0.15, 0.2) is 11.6 Å². The predicted molar refractivity (Wildman–Crippen MR) is 130 cm³/mol. The zero-order chi connectivity index (χ0) is 23.1. The van der Waals surface area contributed by atoms with E-state index in [-0.39, 0.29) is 17.2 Å². The molecule has 8 nitrogen and oxygen atoms in total. The number of aryl methyl sites for hydroxylation is 1. The first-order chi connectivity index (χ1) is 15.9. The highest BCUT2D eigenvalue weighted by molar-refractivity contribution is 6.00. The topological polar surface area (TPSA) is 108 Å². The van der Waals surface area contributed by atoms with Gasteiger partial charge in [-0.2, -0.15) is 5.10 Å². The number of nitrogens with one attached hydrogen (secondary N) is 3. The van der Waals surface area contributed by atoms with Crippen molar-refractivity contribution < 1.29 is 4.79 Å². The number of carbonyl (C=O) groups is 1. The number of aromatic nitrogens is 5. The monoisotopic (exact) mass is 440 g/mol. The highest BCUT2D eigenvalue weighted by atomic mass is 16.1. The molecule has 0 spiro atoms. The average Bonchev–Trinajstić information content (AvgIpc) is 3.42. The third kappa shape index (κ3) is 4.03. The van der Waals surface area contributed by atoms with E-state index in [1.807, 2.05) is 56.3 Å². The Hall–Kier alpha value is -4.20. The van der Waals surface area contributed by atoms with Crippen LogP contribution in [0.1, 0.15) is 30.8 Å². The molecule has 0 amide bonds. The number of nitrogens with zero attached hydrogens (tertiary/aromatic N) is 3. The van der Waals surface area contributed by atoms with Gasteiger partial charge in [0.1, 0.15) is 0 Å². The number of anilines is 2. The molecule has 5 aromatic rings. The first-order valence-corrected chi connectivity index (χ1v) is 10.8. The van der Waals surface area contributed by atoms with Crippen LogP contribution in [0.15, 0.2) is 59.7 Å². The van der Waals surface area contributed by atoms with E-state index < -0.39 is 0 Å². The number of benzene rings is 2. The highest BCUT2D eigenvalue weighted by Gasteiger charge is 2.14. The number of H-pyrrole nitrogens is 2. The molecule has 0 radical (unpaired) electrons. The van der Waals surface area contributed by atoms with Crippen LogP contribution in [-0.4, -0.2) is 30.5 Å². The molecular formula is C25H24N6O2. The summed E-state index contributed by atoms with van der Waals surface area (Å²) >= 11 is 0. The van der Waals surface area contributed by atoms with Crippen LogP contribution in [0.3, 0.4) is 0 Å². The molecule has 0 fully saturated rings. The van der Waals surface area contributed by atoms with Gasteiger partial charge in [-0.3, -0.25) is 14.7 Å². The number of aromatic amines is 2. The Labute approximate surface area is 189 Å². The number of carbonyl (C=O) groups excluding carboxylic acids is 1. The minimum atomic E-state index is -0.228. The minimum Gasteiger partial charge on any atom is -0.352 e. The van der Waals surface area contributed by atoms with Crippen LogP contribution in [0, 0.1) is 5.92 Å². The third-order valence-electron chi connectivity index (χ3n) is 5.59. The summed E-state index contributed by atoms with van der Waals surface area (Å²) in [5.41, 5.74) is 4.40. The lowest BCUT2D eigenvalue weighted by atomic mass is 10.1. The Morgan fingerprint density at radius 3 is 2.76 bits per heavy atom. The summed E-state index contributed by atoms with van der Waals surface area (Å²) in [5.74, 6) is 0.635. The second kappa shape index (κ2) is 8.05. The Bertz CT molecular complexity index is 1560. The van der Waals surface area contributed by atoms with Gasteiger partial charge in [-0.1, -0.05) is 26.0 Å². The SMILES string of the molecule is CC(C)CC(=O)c1cc2ccc(-c3cn(C)c(=O)c(Nc4ccc5[nH]ncc5c4)n3)cc2[nH]1. The smallest absolute Gasteiger partial charge is 0.293 e. The third-order valence-corrected chi connectivity index (χ3v) is 5.59. The Balaban J connectivity index is 1.50. The van der Waals surface area contributed by atoms with Gasteiger partial charge >= 0.3 is 0 Å². The summed E-state index contributed by atoms with van der Waals surface area (Å²) in [6, 6.07) is 13.4. The lowest BCUT2D eigenvalue weighted by Gasteiger charge is -2.10. The molecule has 166 valence electrons. The Morgan fingerprint density at radius 1 is 1.09 bits per heavy atom. The zero-order valence-corrected chi connectivity index (χ0v) is 18.6. The maximum Gasteiger partial charge on any atom is 0.293 e. The molecule has 0 saturated heterocycles. The number of ketones is 1. The van der Waals surface area contributed by atoms with Gasteiger partial charge in [-0.15, -0.1) is 0 Å². The highest BCUT2D eigenvalue weighted by Crippen LogP contribution is 2.25. The predicted octanol–water partition coefficient (Wildman–Crippen LogP) is 4.78. The summed E-state index contributed by atoms with van der Waals surface area (Å²) in [7, 11) is 1.70. The second-order valence-electron chi connectivity index (χ2n) is 8.69. The molecule has 2 aromatic carbocycles. The molecule has 0 atom stereocenters. The quantitative estimate of drug-likeness (QED) is 0.329. The number of hydrogen-bond acceptors (Lipinski definition) is 5. The maximum atomic E-state index is 12.7. The molecule has 0 saturated carbocycles. The van der Waals surface area contributed by atoms with Crippen molar-refractivity contribution in [1.82, 2.24) is 24.7 Å². The van der Waals surface area contributed by atoms with Crippen molar-refractivity contribution in [2.45, 2.75) is 20.3 Å². The Kier molecular flexibility index (Phi) is 5.05. The fraction of sp³-hybridized carbons (Fsp3) is 0.200. The summed E-state index contributed by atoms with van der Waals surface area (Å²) < 4.78 is 1.51. The molecule has 33 heavy (non-hydrogen) atoms. The van der Waals surface area contributed by atoms with Gasteiger partial charge in [0.25, 0.3) is 5.56 Å². The molecule has 5 rings (SSSR count). The van der Waals surface area contributed by atoms with E-state index in [1.54, 1.807) is 19.4 Å². The molecule has 0 bridgehead atoms. The first kappa shape index (κ1) is 20.7. The average molecular weight is 441 g/mol. The van der Waals surface area contributed by atoms with E-state index in [2.05, 4.69) is 25.5 Å². The van der Waals surface area contributed by atoms with Gasteiger partial charge in [0.05, 0.1) is 23.1 Å². The normalized spacial score (nSPS) is 11.5. The van der Waals surface area contributed by atoms with E-state index >= 15 is 0 Å². The van der Waals surface area contributed by atoms with E-state index in [0.717, 1.165) is 33.1 Å². The van der Waals surface area contributed by atoms with Crippen molar-refractivity contribution in [3.05, 3.63) is 70.9 Å². The van der Waals surface area contributed by atoms with Gasteiger partial charge in [-0.05, 0) is 36.2 Å². The molecule has 0 aliphatic heterocycles. The number of Topliss-reactive ketones (excluding diaryl/α,β-unsaturated/α-hetero) is 1. The van der Waals surface area contributed by atoms with Crippen molar-refractivity contribution in [3.63, 3.8) is 0 Å². The largest absolute Gasteiger partial charge is 0.352 e. The molecular weight excluding hydrogens is 416 g/mol. The molecule has 0 aliphatic rings. The number of rotatable bonds is 6. The maximum absolute atomic E-state index is 12.7. The van der Waals surface area contributed by atoms with Gasteiger partial charge < -0.3 is 14.9 Å². The van der Waals surface area contributed by atoms with Crippen LogP contribution in [0.5, 0.6) is 0 Å². The van der Waals surface area contributed by atoms with Gasteiger partial charge in [-0.25, -0.2) is 4.98 Å². The van der Waals surface area contributed by atoms with Gasteiger partial charge in [0.2, 0.25) is 0 Å². The molecule has 0 unspecified atom stereocenters. The molecule has 3 N–H and O–H groups in total. The lowest BCUT2D eigenvalue weighted by molar-refractivity contribution is 0.0964. The van der Waals surface area contributed by atoms with Crippen molar-refractivity contribution in [2.24, 2.45) is 13.0 Å². The number of hydrogen-bond donors (Lipinski definition) is 3. The summed E-state index contributed by atoms with van der Waals surface area (Å²) in [6.45, 7) is 4.06. The first-order valence-electron chi connectivity index (χ1n) is 10.8. The lowest BCUT2D eigenvalue weighted by Crippen LogP contribution is -2.21. The van der Waals surface area contributed by atoms with E-state index in [0.29, 0.717) is 23.7 Å². The van der Waals surface area contributed by atoms with E-state index in [9.17, 15) is 9.59 Å². The molecule has 0 aliphatic carbocycles. The van der Waals surface area contributed by atoms with E-state index in [1.165, 1.54) is 4.57 Å². The Morgan fingerprint density at radius 2 is 1.94 bits per heavy atom. The van der Waals surface area contributed by atoms with Crippen LogP contribution >= 0.6 is 0 Å². The minimum absolute atomic E-state index is 0.101. The van der Waals surface area contributed by atoms with Crippen molar-refractivity contribution in [1.29, 1.82) is 0 Å². The van der Waals surface area contributed by atoms with E-state index in [4.69, 9.17) is 0 Å². The number of fused-ring (bicyclic) bond motifs is 2. The fourth-order valence-corrected chi connectivity index (χ4v) is 3.90. The second-order valence-corrected chi connectivity index (χ2v) is 8.69.